The number of rotatable bonds is 3. The van der Waals surface area contributed by atoms with Crippen molar-refractivity contribution >= 4 is 0 Å². The third kappa shape index (κ3) is 3.14. The quantitative estimate of drug-likeness (QED) is 0.930. The summed E-state index contributed by atoms with van der Waals surface area (Å²) >= 11 is 0. The predicted octanol–water partition coefficient (Wildman–Crippen LogP) is 3.04. The van der Waals surface area contributed by atoms with Gasteiger partial charge in [-0.3, -0.25) is 0 Å². The Labute approximate surface area is 119 Å². The van der Waals surface area contributed by atoms with E-state index in [1.165, 1.54) is 5.56 Å². The molecule has 4 heteroatoms. The minimum absolute atomic E-state index is 0.476. The molecule has 0 aliphatic carbocycles. The van der Waals surface area contributed by atoms with Gasteiger partial charge < -0.3 is 10.1 Å². The molecule has 0 spiro atoms. The Morgan fingerprint density at radius 1 is 1.10 bits per heavy atom. The molecule has 2 heterocycles. The molecule has 3 rings (SSSR count). The van der Waals surface area contributed by atoms with Crippen LogP contribution in [0.4, 0.5) is 0 Å². The maximum absolute atomic E-state index is 5.76. The number of nitrogens with one attached hydrogen (secondary N) is 1. The van der Waals surface area contributed by atoms with Crippen molar-refractivity contribution < 1.29 is 4.74 Å². The second kappa shape index (κ2) is 6.01. The van der Waals surface area contributed by atoms with Crippen LogP contribution in [0.3, 0.4) is 0 Å². The van der Waals surface area contributed by atoms with Crippen LogP contribution in [-0.4, -0.2) is 23.1 Å². The Morgan fingerprint density at radius 3 is 2.55 bits per heavy atom. The minimum atomic E-state index is 0.476. The van der Waals surface area contributed by atoms with E-state index < -0.39 is 0 Å². The Kier molecular flexibility index (Phi) is 3.92. The van der Waals surface area contributed by atoms with E-state index in [1.54, 1.807) is 12.4 Å². The number of aromatic nitrogens is 2. The van der Waals surface area contributed by atoms with Crippen LogP contribution in [-0.2, 0) is 0 Å². The smallest absolute Gasteiger partial charge is 0.164 e. The molecule has 1 aliphatic heterocycles. The van der Waals surface area contributed by atoms with Crippen molar-refractivity contribution in [2.75, 3.05) is 13.1 Å². The number of aryl methyl sites for hydroxylation is 1. The molecule has 1 N–H and O–H groups in total. The Balaban J connectivity index is 1.69. The number of nitrogens with zero attached hydrogens (tertiary/aromatic N) is 2. The van der Waals surface area contributed by atoms with Crippen LogP contribution in [0.2, 0.25) is 0 Å². The summed E-state index contributed by atoms with van der Waals surface area (Å²) in [6.45, 7) is 4.15. The first-order valence-electron chi connectivity index (χ1n) is 7.08. The summed E-state index contributed by atoms with van der Waals surface area (Å²) in [4.78, 5) is 8.91. The largest absolute Gasteiger partial charge is 0.454 e. The molecule has 2 aromatic rings. The number of ether oxygens (including phenoxy) is 1. The molecule has 0 radical (unpaired) electrons. The summed E-state index contributed by atoms with van der Waals surface area (Å²) in [5, 5.41) is 3.35. The van der Waals surface area contributed by atoms with Crippen molar-refractivity contribution in [3.05, 3.63) is 48.0 Å². The van der Waals surface area contributed by atoms with Crippen LogP contribution in [0.5, 0.6) is 11.5 Å². The monoisotopic (exact) mass is 269 g/mol. The van der Waals surface area contributed by atoms with Gasteiger partial charge in [0.25, 0.3) is 0 Å². The SMILES string of the molecule is Cc1cccc(Oc2cnc(C3CCNCC3)nc2)c1. The summed E-state index contributed by atoms with van der Waals surface area (Å²) in [5.74, 6) is 2.92. The van der Waals surface area contributed by atoms with Gasteiger partial charge in [-0.1, -0.05) is 12.1 Å². The third-order valence-electron chi connectivity index (χ3n) is 3.58. The van der Waals surface area contributed by atoms with Gasteiger partial charge in [0.15, 0.2) is 5.75 Å². The number of piperidine rings is 1. The van der Waals surface area contributed by atoms with Gasteiger partial charge in [0.1, 0.15) is 11.6 Å². The molecule has 20 heavy (non-hydrogen) atoms. The van der Waals surface area contributed by atoms with E-state index in [1.807, 2.05) is 31.2 Å². The van der Waals surface area contributed by atoms with Crippen molar-refractivity contribution in [2.24, 2.45) is 0 Å². The fourth-order valence-corrected chi connectivity index (χ4v) is 2.48. The zero-order valence-corrected chi connectivity index (χ0v) is 11.7. The second-order valence-electron chi connectivity index (χ2n) is 5.22. The van der Waals surface area contributed by atoms with Crippen LogP contribution >= 0.6 is 0 Å². The summed E-state index contributed by atoms with van der Waals surface area (Å²) in [7, 11) is 0. The fourth-order valence-electron chi connectivity index (χ4n) is 2.48. The third-order valence-corrected chi connectivity index (χ3v) is 3.58. The molecular weight excluding hydrogens is 250 g/mol. The van der Waals surface area contributed by atoms with Crippen LogP contribution in [0.15, 0.2) is 36.7 Å². The van der Waals surface area contributed by atoms with Gasteiger partial charge in [-0.05, 0) is 50.6 Å². The molecule has 1 saturated heterocycles. The van der Waals surface area contributed by atoms with Crippen LogP contribution in [0.1, 0.15) is 30.1 Å². The summed E-state index contributed by atoms with van der Waals surface area (Å²) in [5.41, 5.74) is 1.18. The lowest BCUT2D eigenvalue weighted by Crippen LogP contribution is -2.27. The maximum Gasteiger partial charge on any atom is 0.164 e. The Hall–Kier alpha value is -1.94. The topological polar surface area (TPSA) is 47.0 Å². The zero-order valence-electron chi connectivity index (χ0n) is 11.7. The normalized spacial score (nSPS) is 16.1. The summed E-state index contributed by atoms with van der Waals surface area (Å²) in [6.07, 6.45) is 5.76. The summed E-state index contributed by atoms with van der Waals surface area (Å²) in [6, 6.07) is 7.97. The zero-order chi connectivity index (χ0) is 13.8. The van der Waals surface area contributed by atoms with Crippen molar-refractivity contribution in [1.82, 2.24) is 15.3 Å². The van der Waals surface area contributed by atoms with Crippen molar-refractivity contribution in [3.63, 3.8) is 0 Å². The average molecular weight is 269 g/mol. The molecular formula is C16H19N3O. The molecule has 0 bridgehead atoms. The first-order chi connectivity index (χ1) is 9.81. The minimum Gasteiger partial charge on any atom is -0.454 e. The molecule has 4 nitrogen and oxygen atoms in total. The van der Waals surface area contributed by atoms with Crippen LogP contribution in [0.25, 0.3) is 0 Å². The molecule has 0 unspecified atom stereocenters. The molecule has 0 amide bonds. The molecule has 1 aromatic heterocycles. The van der Waals surface area contributed by atoms with Gasteiger partial charge in [-0.2, -0.15) is 0 Å². The molecule has 1 aliphatic rings. The highest BCUT2D eigenvalue weighted by molar-refractivity contribution is 5.31. The van der Waals surface area contributed by atoms with Gasteiger partial charge >= 0.3 is 0 Å². The Morgan fingerprint density at radius 2 is 1.85 bits per heavy atom. The first kappa shape index (κ1) is 13.1. The molecule has 0 atom stereocenters. The number of hydrogen-bond donors (Lipinski definition) is 1. The van der Waals surface area contributed by atoms with Gasteiger partial charge in [-0.25, -0.2) is 9.97 Å². The lowest BCUT2D eigenvalue weighted by Gasteiger charge is -2.21. The van der Waals surface area contributed by atoms with E-state index in [0.717, 1.165) is 37.5 Å². The number of hydrogen-bond acceptors (Lipinski definition) is 4. The van der Waals surface area contributed by atoms with Gasteiger partial charge in [0, 0.05) is 5.92 Å². The fraction of sp³-hybridized carbons (Fsp3) is 0.375. The Bertz CT molecular complexity index is 562. The van der Waals surface area contributed by atoms with Crippen LogP contribution < -0.4 is 10.1 Å². The van der Waals surface area contributed by atoms with E-state index in [9.17, 15) is 0 Å². The van der Waals surface area contributed by atoms with E-state index >= 15 is 0 Å². The first-order valence-corrected chi connectivity index (χ1v) is 7.08. The molecule has 1 aromatic carbocycles. The van der Waals surface area contributed by atoms with E-state index in [-0.39, 0.29) is 0 Å². The lowest BCUT2D eigenvalue weighted by atomic mass is 9.97. The highest BCUT2D eigenvalue weighted by Crippen LogP contribution is 2.24. The van der Waals surface area contributed by atoms with E-state index in [4.69, 9.17) is 4.74 Å². The lowest BCUT2D eigenvalue weighted by molar-refractivity contribution is 0.438. The molecule has 1 fully saturated rings. The van der Waals surface area contributed by atoms with Crippen molar-refractivity contribution in [2.45, 2.75) is 25.7 Å². The summed E-state index contributed by atoms with van der Waals surface area (Å²) < 4.78 is 5.76. The van der Waals surface area contributed by atoms with Gasteiger partial charge in [0.05, 0.1) is 12.4 Å². The molecule has 104 valence electrons. The van der Waals surface area contributed by atoms with E-state index in [2.05, 4.69) is 15.3 Å². The number of benzene rings is 1. The van der Waals surface area contributed by atoms with E-state index in [0.29, 0.717) is 11.7 Å². The van der Waals surface area contributed by atoms with Crippen molar-refractivity contribution in [1.29, 1.82) is 0 Å². The maximum atomic E-state index is 5.76. The van der Waals surface area contributed by atoms with Gasteiger partial charge in [0.2, 0.25) is 0 Å². The van der Waals surface area contributed by atoms with Crippen molar-refractivity contribution in [3.8, 4) is 11.5 Å². The van der Waals surface area contributed by atoms with Gasteiger partial charge in [-0.15, -0.1) is 0 Å². The second-order valence-corrected chi connectivity index (χ2v) is 5.22. The van der Waals surface area contributed by atoms with Crippen LogP contribution in [0, 0.1) is 6.92 Å². The highest BCUT2D eigenvalue weighted by Gasteiger charge is 2.17. The standard InChI is InChI=1S/C16H19N3O/c1-12-3-2-4-14(9-12)20-15-10-18-16(19-11-15)13-5-7-17-8-6-13/h2-4,9-11,13,17H,5-8H2,1H3. The molecule has 0 saturated carbocycles. The average Bonchev–Trinajstić information content (AvgIpc) is 2.49. The highest BCUT2D eigenvalue weighted by atomic mass is 16.5. The predicted molar refractivity (Wildman–Crippen MR) is 78.1 cm³/mol.